The predicted molar refractivity (Wildman–Crippen MR) is 104 cm³/mol. The molecule has 1 aromatic heterocycles. The van der Waals surface area contributed by atoms with Crippen LogP contribution in [0.4, 0.5) is 5.69 Å². The first-order chi connectivity index (χ1) is 14.0. The number of pyridine rings is 1. The number of carbonyl (C=O) groups is 2. The zero-order valence-corrected chi connectivity index (χ0v) is 16.9. The molecule has 0 spiro atoms. The summed E-state index contributed by atoms with van der Waals surface area (Å²) in [5.41, 5.74) is -0.249. The molecule has 1 aromatic carbocycles. The Morgan fingerprint density at radius 2 is 1.93 bits per heavy atom. The maximum Gasteiger partial charge on any atom is 0.356 e. The maximum absolute atomic E-state index is 11.4. The summed E-state index contributed by atoms with van der Waals surface area (Å²) >= 11 is 3.21. The number of ether oxygens (including phenoxy) is 4. The Morgan fingerprint density at radius 3 is 2.59 bits per heavy atom. The zero-order chi connectivity index (χ0) is 21.2. The average Bonchev–Trinajstić information content (AvgIpc) is 2.73. The number of nitro benzene ring substituents is 1. The van der Waals surface area contributed by atoms with Gasteiger partial charge in [-0.2, -0.15) is 0 Å². The van der Waals surface area contributed by atoms with Crippen LogP contribution >= 0.6 is 15.9 Å². The molecule has 0 aliphatic carbocycles. The SMILES string of the molecule is COC(=O)c1cccc(OCCOCCOc2cc([N+](=O)[O-])c(C=O)cc2Br)n1. The lowest BCUT2D eigenvalue weighted by Crippen LogP contribution is -2.13. The van der Waals surface area contributed by atoms with Crippen molar-refractivity contribution in [2.75, 3.05) is 33.5 Å². The summed E-state index contributed by atoms with van der Waals surface area (Å²) in [6.07, 6.45) is 0.408. The molecule has 0 aliphatic rings. The lowest BCUT2D eigenvalue weighted by atomic mass is 10.2. The second-order valence-electron chi connectivity index (χ2n) is 5.38. The van der Waals surface area contributed by atoms with Gasteiger partial charge in [0.05, 0.1) is 41.3 Å². The number of nitro groups is 1. The number of carbonyl (C=O) groups excluding carboxylic acids is 2. The Kier molecular flexibility index (Phi) is 8.49. The van der Waals surface area contributed by atoms with Gasteiger partial charge in [-0.25, -0.2) is 9.78 Å². The minimum Gasteiger partial charge on any atom is -0.490 e. The van der Waals surface area contributed by atoms with Crippen molar-refractivity contribution in [2.45, 2.75) is 0 Å². The number of rotatable bonds is 11. The van der Waals surface area contributed by atoms with Crippen LogP contribution in [0, 0.1) is 10.1 Å². The van der Waals surface area contributed by atoms with Crippen LogP contribution in [-0.2, 0) is 9.47 Å². The molecule has 154 valence electrons. The number of aldehydes is 1. The molecule has 0 fully saturated rings. The molecule has 0 saturated carbocycles. The number of aromatic nitrogens is 1. The van der Waals surface area contributed by atoms with E-state index in [0.717, 1.165) is 0 Å². The van der Waals surface area contributed by atoms with E-state index in [0.29, 0.717) is 10.8 Å². The molecule has 11 heteroatoms. The van der Waals surface area contributed by atoms with Crippen molar-refractivity contribution in [2.24, 2.45) is 0 Å². The molecule has 0 aliphatic heterocycles. The van der Waals surface area contributed by atoms with Crippen LogP contribution in [0.3, 0.4) is 0 Å². The fourth-order valence-electron chi connectivity index (χ4n) is 2.15. The van der Waals surface area contributed by atoms with Crippen LogP contribution in [0.5, 0.6) is 11.6 Å². The summed E-state index contributed by atoms with van der Waals surface area (Å²) in [6.45, 7) is 0.765. The van der Waals surface area contributed by atoms with Gasteiger partial charge in [0.1, 0.15) is 19.0 Å². The van der Waals surface area contributed by atoms with E-state index in [1.165, 1.54) is 25.3 Å². The van der Waals surface area contributed by atoms with Crippen LogP contribution in [0.25, 0.3) is 0 Å². The minimum absolute atomic E-state index is 0.0486. The maximum atomic E-state index is 11.4. The molecule has 0 atom stereocenters. The molecule has 0 saturated heterocycles. The second kappa shape index (κ2) is 11.1. The molecule has 0 amide bonds. The molecular formula is C18H17BrN2O8. The number of esters is 1. The van der Waals surface area contributed by atoms with Gasteiger partial charge in [-0.15, -0.1) is 0 Å². The van der Waals surface area contributed by atoms with E-state index >= 15 is 0 Å². The third kappa shape index (κ3) is 6.50. The van der Waals surface area contributed by atoms with Crippen molar-refractivity contribution in [1.82, 2.24) is 4.98 Å². The third-order valence-electron chi connectivity index (χ3n) is 3.49. The quantitative estimate of drug-likeness (QED) is 0.160. The van der Waals surface area contributed by atoms with Crippen LogP contribution in [-0.4, -0.2) is 55.7 Å². The highest BCUT2D eigenvalue weighted by Crippen LogP contribution is 2.32. The summed E-state index contributed by atoms with van der Waals surface area (Å²) in [6, 6.07) is 7.23. The highest BCUT2D eigenvalue weighted by atomic mass is 79.9. The molecule has 29 heavy (non-hydrogen) atoms. The van der Waals surface area contributed by atoms with Crippen molar-refractivity contribution in [1.29, 1.82) is 0 Å². The van der Waals surface area contributed by atoms with E-state index in [1.807, 2.05) is 0 Å². The van der Waals surface area contributed by atoms with Gasteiger partial charge < -0.3 is 18.9 Å². The first kappa shape index (κ1) is 22.2. The molecule has 0 bridgehead atoms. The molecule has 0 radical (unpaired) electrons. The summed E-state index contributed by atoms with van der Waals surface area (Å²) in [5, 5.41) is 11.0. The van der Waals surface area contributed by atoms with E-state index in [9.17, 15) is 19.7 Å². The highest BCUT2D eigenvalue weighted by molar-refractivity contribution is 9.10. The number of nitrogens with zero attached hydrogens (tertiary/aromatic N) is 2. The van der Waals surface area contributed by atoms with E-state index in [1.54, 1.807) is 12.1 Å². The van der Waals surface area contributed by atoms with Gasteiger partial charge in [-0.05, 0) is 28.1 Å². The highest BCUT2D eigenvalue weighted by Gasteiger charge is 2.17. The summed E-state index contributed by atoms with van der Waals surface area (Å²) in [7, 11) is 1.26. The molecule has 2 rings (SSSR count). The van der Waals surface area contributed by atoms with Crippen molar-refractivity contribution >= 4 is 33.9 Å². The number of hydrogen-bond acceptors (Lipinski definition) is 9. The predicted octanol–water partition coefficient (Wildman–Crippen LogP) is 2.83. The van der Waals surface area contributed by atoms with Gasteiger partial charge >= 0.3 is 5.97 Å². The van der Waals surface area contributed by atoms with Crippen LogP contribution < -0.4 is 9.47 Å². The van der Waals surface area contributed by atoms with E-state index in [2.05, 4.69) is 25.7 Å². The molecule has 10 nitrogen and oxygen atoms in total. The Hall–Kier alpha value is -3.05. The zero-order valence-electron chi connectivity index (χ0n) is 15.3. The van der Waals surface area contributed by atoms with E-state index in [4.69, 9.17) is 14.2 Å². The van der Waals surface area contributed by atoms with Crippen molar-refractivity contribution in [3.63, 3.8) is 0 Å². The van der Waals surface area contributed by atoms with Crippen molar-refractivity contribution < 1.29 is 33.5 Å². The lowest BCUT2D eigenvalue weighted by molar-refractivity contribution is -0.385. The Labute approximate surface area is 174 Å². The third-order valence-corrected chi connectivity index (χ3v) is 4.11. The lowest BCUT2D eigenvalue weighted by Gasteiger charge is -2.10. The molecular weight excluding hydrogens is 452 g/mol. The molecule has 0 N–H and O–H groups in total. The fraction of sp³-hybridized carbons (Fsp3) is 0.278. The minimum atomic E-state index is -0.653. The van der Waals surface area contributed by atoms with Gasteiger partial charge in [0, 0.05) is 6.07 Å². The van der Waals surface area contributed by atoms with Gasteiger partial charge in [-0.1, -0.05) is 6.07 Å². The second-order valence-corrected chi connectivity index (χ2v) is 6.23. The fourth-order valence-corrected chi connectivity index (χ4v) is 2.63. The Balaban J connectivity index is 1.74. The Morgan fingerprint density at radius 1 is 1.21 bits per heavy atom. The van der Waals surface area contributed by atoms with Gasteiger partial charge in [0.2, 0.25) is 5.88 Å². The molecule has 1 heterocycles. The standard InChI is InChI=1S/C18H17BrN2O8/c1-26-18(23)14-3-2-4-17(20-14)29-8-6-27-5-7-28-16-10-15(21(24)25)12(11-22)9-13(16)19/h2-4,9-11H,5-8H2,1H3. The largest absolute Gasteiger partial charge is 0.490 e. The van der Waals surface area contributed by atoms with Crippen LogP contribution in [0.15, 0.2) is 34.8 Å². The molecule has 0 unspecified atom stereocenters. The molecule has 2 aromatic rings. The number of halogens is 1. The topological polar surface area (TPSA) is 127 Å². The first-order valence-electron chi connectivity index (χ1n) is 8.28. The van der Waals surface area contributed by atoms with Crippen LogP contribution in [0.1, 0.15) is 20.8 Å². The van der Waals surface area contributed by atoms with Gasteiger partial charge in [0.15, 0.2) is 12.0 Å². The van der Waals surface area contributed by atoms with Crippen molar-refractivity contribution in [3.8, 4) is 11.6 Å². The van der Waals surface area contributed by atoms with Gasteiger partial charge in [-0.3, -0.25) is 14.9 Å². The van der Waals surface area contributed by atoms with Gasteiger partial charge in [0.25, 0.3) is 5.69 Å². The first-order valence-corrected chi connectivity index (χ1v) is 9.07. The number of benzene rings is 1. The summed E-state index contributed by atoms with van der Waals surface area (Å²) in [5.74, 6) is -0.0679. The average molecular weight is 469 g/mol. The summed E-state index contributed by atoms with van der Waals surface area (Å²) in [4.78, 5) is 36.7. The smallest absolute Gasteiger partial charge is 0.356 e. The van der Waals surface area contributed by atoms with Crippen LogP contribution in [0.2, 0.25) is 0 Å². The number of methoxy groups -OCH3 is 1. The number of hydrogen-bond donors (Lipinski definition) is 0. The summed E-state index contributed by atoms with van der Waals surface area (Å²) < 4.78 is 21.2. The monoisotopic (exact) mass is 468 g/mol. The Bertz CT molecular complexity index is 890. The van der Waals surface area contributed by atoms with E-state index < -0.39 is 10.9 Å². The van der Waals surface area contributed by atoms with E-state index in [-0.39, 0.29) is 55.0 Å². The normalized spacial score (nSPS) is 10.3. The van der Waals surface area contributed by atoms with Crippen molar-refractivity contribution in [3.05, 3.63) is 56.2 Å².